The van der Waals surface area contributed by atoms with Crippen LogP contribution in [0, 0.1) is 0 Å². The lowest BCUT2D eigenvalue weighted by Gasteiger charge is -2.35. The van der Waals surface area contributed by atoms with Crippen LogP contribution in [0.4, 0.5) is 11.9 Å². The molecule has 0 radical (unpaired) electrons. The highest BCUT2D eigenvalue weighted by atomic mass is 16.5. The zero-order valence-electron chi connectivity index (χ0n) is 17.3. The first-order chi connectivity index (χ1) is 15.1. The fourth-order valence-corrected chi connectivity index (χ4v) is 4.51. The molecule has 0 bridgehead atoms. The van der Waals surface area contributed by atoms with E-state index in [-0.39, 0.29) is 23.7 Å². The number of fused-ring (bicyclic) bond motifs is 1. The second kappa shape index (κ2) is 7.46. The van der Waals surface area contributed by atoms with Crippen LogP contribution in [0.1, 0.15) is 35.9 Å². The van der Waals surface area contributed by atoms with Crippen molar-refractivity contribution in [1.29, 1.82) is 0 Å². The summed E-state index contributed by atoms with van der Waals surface area (Å²) in [6, 6.07) is 15.3. The normalized spacial score (nSPS) is 20.0. The quantitative estimate of drug-likeness (QED) is 0.671. The number of hydrogen-bond donors (Lipinski definition) is 2. The molecule has 2 atom stereocenters. The average molecular weight is 417 g/mol. The first kappa shape index (κ1) is 19.2. The SMILES string of the molecule is COc1ccc([C@H]2CC(=O)C3=C(C2)Nc2nc(N)nn2[C@H]3c2ccccc2)cc1OC. The van der Waals surface area contributed by atoms with Gasteiger partial charge in [0.15, 0.2) is 17.3 Å². The number of methoxy groups -OCH3 is 2. The van der Waals surface area contributed by atoms with Crippen molar-refractivity contribution in [1.82, 2.24) is 14.8 Å². The van der Waals surface area contributed by atoms with Gasteiger partial charge in [0.1, 0.15) is 6.04 Å². The zero-order valence-corrected chi connectivity index (χ0v) is 17.3. The summed E-state index contributed by atoms with van der Waals surface area (Å²) in [7, 11) is 3.22. The number of Topliss-reactive ketones (excluding diaryl/α,β-unsaturated/α-hetero) is 1. The van der Waals surface area contributed by atoms with E-state index in [2.05, 4.69) is 15.4 Å². The average Bonchev–Trinajstić information content (AvgIpc) is 3.17. The minimum absolute atomic E-state index is 0.0156. The molecule has 0 fully saturated rings. The van der Waals surface area contributed by atoms with Crippen LogP contribution in [0.2, 0.25) is 0 Å². The van der Waals surface area contributed by atoms with Crippen molar-refractivity contribution in [3.8, 4) is 11.5 Å². The molecule has 2 heterocycles. The number of rotatable bonds is 4. The predicted octanol–water partition coefficient (Wildman–Crippen LogP) is 3.29. The van der Waals surface area contributed by atoms with E-state index in [1.807, 2.05) is 48.5 Å². The molecular formula is C23H23N5O3. The highest BCUT2D eigenvalue weighted by Crippen LogP contribution is 2.45. The predicted molar refractivity (Wildman–Crippen MR) is 116 cm³/mol. The van der Waals surface area contributed by atoms with E-state index in [0.29, 0.717) is 30.3 Å². The van der Waals surface area contributed by atoms with Crippen LogP contribution in [0.15, 0.2) is 59.8 Å². The van der Waals surface area contributed by atoms with E-state index < -0.39 is 0 Å². The maximum atomic E-state index is 13.4. The number of carbonyl (C=O) groups excluding carboxylic acids is 1. The molecule has 3 N–H and O–H groups in total. The Bertz CT molecular complexity index is 1190. The maximum absolute atomic E-state index is 13.4. The topological polar surface area (TPSA) is 104 Å². The number of anilines is 2. The molecule has 1 aliphatic heterocycles. The lowest BCUT2D eigenvalue weighted by Crippen LogP contribution is -2.33. The number of benzene rings is 2. The van der Waals surface area contributed by atoms with Crippen molar-refractivity contribution in [2.24, 2.45) is 0 Å². The number of ether oxygens (including phenoxy) is 2. The largest absolute Gasteiger partial charge is 0.493 e. The Morgan fingerprint density at radius 3 is 2.55 bits per heavy atom. The molecule has 0 spiro atoms. The van der Waals surface area contributed by atoms with E-state index in [1.165, 1.54) is 0 Å². The number of carbonyl (C=O) groups is 1. The number of nitrogen functional groups attached to an aromatic ring is 1. The second-order valence-electron chi connectivity index (χ2n) is 7.71. The smallest absolute Gasteiger partial charge is 0.241 e. The van der Waals surface area contributed by atoms with Gasteiger partial charge in [-0.25, -0.2) is 4.68 Å². The van der Waals surface area contributed by atoms with Gasteiger partial charge in [-0.3, -0.25) is 4.79 Å². The van der Waals surface area contributed by atoms with Crippen LogP contribution in [0.5, 0.6) is 11.5 Å². The lowest BCUT2D eigenvalue weighted by molar-refractivity contribution is -0.116. The molecule has 1 aliphatic carbocycles. The fraction of sp³-hybridized carbons (Fsp3) is 0.261. The van der Waals surface area contributed by atoms with E-state index >= 15 is 0 Å². The van der Waals surface area contributed by atoms with Crippen LogP contribution in [0.3, 0.4) is 0 Å². The molecule has 8 heteroatoms. The molecular weight excluding hydrogens is 394 g/mol. The maximum Gasteiger partial charge on any atom is 0.241 e. The van der Waals surface area contributed by atoms with Crippen molar-refractivity contribution < 1.29 is 14.3 Å². The second-order valence-corrected chi connectivity index (χ2v) is 7.71. The van der Waals surface area contributed by atoms with E-state index in [9.17, 15) is 4.79 Å². The Labute approximate surface area is 179 Å². The highest BCUT2D eigenvalue weighted by Gasteiger charge is 2.39. The van der Waals surface area contributed by atoms with Gasteiger partial charge in [-0.2, -0.15) is 4.98 Å². The summed E-state index contributed by atoms with van der Waals surface area (Å²) in [5.41, 5.74) is 9.48. The van der Waals surface area contributed by atoms with Gasteiger partial charge in [0.25, 0.3) is 0 Å². The monoisotopic (exact) mass is 417 g/mol. The third-order valence-corrected chi connectivity index (χ3v) is 5.93. The highest BCUT2D eigenvalue weighted by molar-refractivity contribution is 6.00. The fourth-order valence-electron chi connectivity index (χ4n) is 4.51. The van der Waals surface area contributed by atoms with Gasteiger partial charge in [0.2, 0.25) is 11.9 Å². The van der Waals surface area contributed by atoms with Gasteiger partial charge < -0.3 is 20.5 Å². The van der Waals surface area contributed by atoms with Gasteiger partial charge in [-0.1, -0.05) is 36.4 Å². The lowest BCUT2D eigenvalue weighted by atomic mass is 9.78. The number of ketones is 1. The van der Waals surface area contributed by atoms with Crippen molar-refractivity contribution in [3.63, 3.8) is 0 Å². The molecule has 2 aliphatic rings. The van der Waals surface area contributed by atoms with Gasteiger partial charge in [-0.05, 0) is 35.6 Å². The Hall–Kier alpha value is -3.81. The summed E-state index contributed by atoms with van der Waals surface area (Å²) in [5.74, 6) is 2.14. The molecule has 8 nitrogen and oxygen atoms in total. The van der Waals surface area contributed by atoms with Crippen molar-refractivity contribution in [3.05, 3.63) is 70.9 Å². The number of hydrogen-bond acceptors (Lipinski definition) is 7. The molecule has 158 valence electrons. The van der Waals surface area contributed by atoms with Crippen LogP contribution < -0.4 is 20.5 Å². The first-order valence-electron chi connectivity index (χ1n) is 10.1. The molecule has 3 aromatic rings. The van der Waals surface area contributed by atoms with Crippen molar-refractivity contribution >= 4 is 17.7 Å². The molecule has 0 saturated carbocycles. The number of nitrogens with one attached hydrogen (secondary N) is 1. The van der Waals surface area contributed by atoms with Crippen LogP contribution in [-0.4, -0.2) is 34.8 Å². The molecule has 2 aromatic carbocycles. The molecule has 0 amide bonds. The van der Waals surface area contributed by atoms with Crippen molar-refractivity contribution in [2.45, 2.75) is 24.8 Å². The number of aromatic nitrogens is 3. The molecule has 5 rings (SSSR count). The number of allylic oxidation sites excluding steroid dienone is 2. The summed E-state index contributed by atoms with van der Waals surface area (Å²) in [5, 5.41) is 7.67. The van der Waals surface area contributed by atoms with Gasteiger partial charge >= 0.3 is 0 Å². The standard InChI is InChI=1S/C23H23N5O3/c1-30-18-9-8-14(12-19(18)31-2)15-10-16-20(17(29)11-15)21(13-6-4-3-5-7-13)28-23(25-16)26-22(24)27-28/h3-9,12,15,21H,10-11H2,1-2H3,(H3,24,25,26,27)/t15-,21+/m1/s1. The minimum atomic E-state index is -0.351. The van der Waals surface area contributed by atoms with Gasteiger partial charge in [0.05, 0.1) is 14.2 Å². The van der Waals surface area contributed by atoms with E-state index in [1.54, 1.807) is 18.9 Å². The summed E-state index contributed by atoms with van der Waals surface area (Å²) >= 11 is 0. The third-order valence-electron chi connectivity index (χ3n) is 5.93. The molecule has 0 saturated heterocycles. The van der Waals surface area contributed by atoms with Crippen LogP contribution in [-0.2, 0) is 4.79 Å². The Morgan fingerprint density at radius 2 is 1.81 bits per heavy atom. The van der Waals surface area contributed by atoms with Crippen LogP contribution >= 0.6 is 0 Å². The van der Waals surface area contributed by atoms with E-state index in [4.69, 9.17) is 15.2 Å². The zero-order chi connectivity index (χ0) is 21.5. The summed E-state index contributed by atoms with van der Waals surface area (Å²) in [6.45, 7) is 0. The van der Waals surface area contributed by atoms with Gasteiger partial charge in [-0.15, -0.1) is 5.10 Å². The third kappa shape index (κ3) is 3.20. The Balaban J connectivity index is 1.57. The molecule has 1 aromatic heterocycles. The molecule has 31 heavy (non-hydrogen) atoms. The Morgan fingerprint density at radius 1 is 1.03 bits per heavy atom. The van der Waals surface area contributed by atoms with E-state index in [0.717, 1.165) is 22.4 Å². The minimum Gasteiger partial charge on any atom is -0.493 e. The molecule has 0 unspecified atom stereocenters. The van der Waals surface area contributed by atoms with Gasteiger partial charge in [0, 0.05) is 17.7 Å². The van der Waals surface area contributed by atoms with Crippen LogP contribution in [0.25, 0.3) is 0 Å². The number of nitrogens with two attached hydrogens (primary N) is 1. The number of nitrogens with zero attached hydrogens (tertiary/aromatic N) is 3. The summed E-state index contributed by atoms with van der Waals surface area (Å²) in [4.78, 5) is 17.8. The van der Waals surface area contributed by atoms with Crippen molar-refractivity contribution in [2.75, 3.05) is 25.3 Å². The Kier molecular flexibility index (Phi) is 4.62. The summed E-state index contributed by atoms with van der Waals surface area (Å²) < 4.78 is 12.5. The summed E-state index contributed by atoms with van der Waals surface area (Å²) in [6.07, 6.45) is 1.07. The first-order valence-corrected chi connectivity index (χ1v) is 10.1.